The molecule has 0 saturated carbocycles. The maximum atomic E-state index is 13.9. The van der Waals surface area contributed by atoms with Crippen molar-refractivity contribution in [1.82, 2.24) is 20.0 Å². The van der Waals surface area contributed by atoms with E-state index in [0.29, 0.717) is 19.1 Å². The number of rotatable bonds is 7. The van der Waals surface area contributed by atoms with E-state index in [-0.39, 0.29) is 5.82 Å². The van der Waals surface area contributed by atoms with Gasteiger partial charge in [-0.1, -0.05) is 13.0 Å². The zero-order valence-corrected chi connectivity index (χ0v) is 16.9. The molecule has 1 unspecified atom stereocenters. The normalized spacial score (nSPS) is 18.6. The van der Waals surface area contributed by atoms with Crippen molar-refractivity contribution in [1.29, 1.82) is 0 Å². The van der Waals surface area contributed by atoms with Crippen LogP contribution in [0.4, 0.5) is 4.39 Å². The molecular weight excluding hydrogens is 329 g/mol. The minimum absolute atomic E-state index is 0.148. The Morgan fingerprint density at radius 2 is 2.12 bits per heavy atom. The third-order valence-corrected chi connectivity index (χ3v) is 5.01. The number of likely N-dealkylation sites (tertiary alicyclic amines) is 1. The molecule has 1 aliphatic rings. The summed E-state index contributed by atoms with van der Waals surface area (Å²) in [7, 11) is 7.80. The summed E-state index contributed by atoms with van der Waals surface area (Å²) in [4.78, 5) is 11.1. The Hall–Kier alpha value is -1.66. The predicted octanol–water partition coefficient (Wildman–Crippen LogP) is 2.38. The Morgan fingerprint density at radius 3 is 2.77 bits per heavy atom. The van der Waals surface area contributed by atoms with Gasteiger partial charge in [0.15, 0.2) is 5.96 Å². The molecule has 5 nitrogen and oxygen atoms in total. The van der Waals surface area contributed by atoms with Gasteiger partial charge in [-0.05, 0) is 57.7 Å². The number of nitrogens with one attached hydrogen (secondary N) is 1. The lowest BCUT2D eigenvalue weighted by Gasteiger charge is -2.29. The van der Waals surface area contributed by atoms with Crippen LogP contribution in [0.2, 0.25) is 0 Å². The lowest BCUT2D eigenvalue weighted by molar-refractivity contribution is 0.232. The monoisotopic (exact) mass is 363 g/mol. The van der Waals surface area contributed by atoms with Crippen LogP contribution in [0, 0.1) is 5.82 Å². The van der Waals surface area contributed by atoms with E-state index in [1.54, 1.807) is 6.07 Å². The molecule has 0 aliphatic carbocycles. The van der Waals surface area contributed by atoms with Crippen LogP contribution in [0.3, 0.4) is 0 Å². The van der Waals surface area contributed by atoms with Crippen molar-refractivity contribution in [3.05, 3.63) is 35.1 Å². The second kappa shape index (κ2) is 9.88. The van der Waals surface area contributed by atoms with Crippen LogP contribution in [0.25, 0.3) is 0 Å². The van der Waals surface area contributed by atoms with Gasteiger partial charge in [-0.25, -0.2) is 4.39 Å². The lowest BCUT2D eigenvalue weighted by Crippen LogP contribution is -2.45. The molecule has 1 aromatic carbocycles. The SMILES string of the molecule is CCN1CCCC1CN(C)C(=NC)NCc1ccc(F)c(CN(C)C)c1. The van der Waals surface area contributed by atoms with Gasteiger partial charge in [-0.2, -0.15) is 0 Å². The number of likely N-dealkylation sites (N-methyl/N-ethyl adjacent to an activating group) is 2. The van der Waals surface area contributed by atoms with Crippen molar-refractivity contribution in [2.45, 2.75) is 38.9 Å². The smallest absolute Gasteiger partial charge is 0.193 e. The summed E-state index contributed by atoms with van der Waals surface area (Å²) in [6.45, 7) is 6.75. The summed E-state index contributed by atoms with van der Waals surface area (Å²) in [6, 6.07) is 5.93. The second-order valence-electron chi connectivity index (χ2n) is 7.37. The van der Waals surface area contributed by atoms with Crippen molar-refractivity contribution in [3.63, 3.8) is 0 Å². The highest BCUT2D eigenvalue weighted by Gasteiger charge is 2.24. The largest absolute Gasteiger partial charge is 0.352 e. The molecule has 0 spiro atoms. The van der Waals surface area contributed by atoms with Crippen LogP contribution in [-0.2, 0) is 13.1 Å². The fourth-order valence-corrected chi connectivity index (χ4v) is 3.69. The van der Waals surface area contributed by atoms with Gasteiger partial charge in [0, 0.05) is 45.3 Å². The standard InChI is InChI=1S/C20H34FN5/c1-6-26-11-7-8-18(26)15-25(5)20(22-2)23-13-16-9-10-19(21)17(12-16)14-24(3)4/h9-10,12,18H,6-8,11,13-15H2,1-5H3,(H,22,23). The van der Waals surface area contributed by atoms with Gasteiger partial charge in [0.25, 0.3) is 0 Å². The highest BCUT2D eigenvalue weighted by Crippen LogP contribution is 2.17. The van der Waals surface area contributed by atoms with Crippen LogP contribution in [0.15, 0.2) is 23.2 Å². The maximum absolute atomic E-state index is 13.9. The Balaban J connectivity index is 1.94. The van der Waals surface area contributed by atoms with Gasteiger partial charge in [-0.15, -0.1) is 0 Å². The third kappa shape index (κ3) is 5.68. The van der Waals surface area contributed by atoms with Crippen molar-refractivity contribution < 1.29 is 4.39 Å². The van der Waals surface area contributed by atoms with E-state index in [1.165, 1.54) is 19.4 Å². The van der Waals surface area contributed by atoms with E-state index in [9.17, 15) is 4.39 Å². The van der Waals surface area contributed by atoms with Crippen LogP contribution >= 0.6 is 0 Å². The molecule has 0 bridgehead atoms. The van der Waals surface area contributed by atoms with E-state index >= 15 is 0 Å². The topological polar surface area (TPSA) is 34.1 Å². The molecule has 146 valence electrons. The fraction of sp³-hybridized carbons (Fsp3) is 0.650. The molecule has 1 fully saturated rings. The molecule has 1 aliphatic heterocycles. The maximum Gasteiger partial charge on any atom is 0.193 e. The van der Waals surface area contributed by atoms with Crippen LogP contribution < -0.4 is 5.32 Å². The molecule has 1 N–H and O–H groups in total. The average molecular weight is 364 g/mol. The zero-order valence-electron chi connectivity index (χ0n) is 16.9. The minimum Gasteiger partial charge on any atom is -0.352 e. The molecule has 2 rings (SSSR count). The molecule has 6 heteroatoms. The Labute approximate surface area is 157 Å². The number of benzene rings is 1. The van der Waals surface area contributed by atoms with Crippen LogP contribution in [-0.4, -0.2) is 74.5 Å². The van der Waals surface area contributed by atoms with Crippen molar-refractivity contribution in [2.24, 2.45) is 4.99 Å². The van der Waals surface area contributed by atoms with Crippen molar-refractivity contribution in [3.8, 4) is 0 Å². The summed E-state index contributed by atoms with van der Waals surface area (Å²) >= 11 is 0. The molecule has 0 radical (unpaired) electrons. The quantitative estimate of drug-likeness (QED) is 0.596. The van der Waals surface area contributed by atoms with Gasteiger partial charge in [0.2, 0.25) is 0 Å². The zero-order chi connectivity index (χ0) is 19.1. The molecule has 0 aromatic heterocycles. The van der Waals surface area contributed by atoms with Crippen LogP contribution in [0.1, 0.15) is 30.9 Å². The van der Waals surface area contributed by atoms with E-state index in [2.05, 4.69) is 34.1 Å². The lowest BCUT2D eigenvalue weighted by atomic mass is 10.1. The number of hydrogen-bond donors (Lipinski definition) is 1. The van der Waals surface area contributed by atoms with Gasteiger partial charge in [-0.3, -0.25) is 9.89 Å². The fourth-order valence-electron chi connectivity index (χ4n) is 3.69. The number of guanidine groups is 1. The molecule has 0 amide bonds. The Kier molecular flexibility index (Phi) is 7.85. The summed E-state index contributed by atoms with van der Waals surface area (Å²) in [5.74, 6) is 0.733. The summed E-state index contributed by atoms with van der Waals surface area (Å²) in [5.41, 5.74) is 1.79. The third-order valence-electron chi connectivity index (χ3n) is 5.01. The molecule has 1 atom stereocenters. The highest BCUT2D eigenvalue weighted by molar-refractivity contribution is 5.79. The first-order valence-electron chi connectivity index (χ1n) is 9.52. The second-order valence-corrected chi connectivity index (χ2v) is 7.37. The van der Waals surface area contributed by atoms with Crippen molar-refractivity contribution >= 4 is 5.96 Å². The van der Waals surface area contributed by atoms with Gasteiger partial charge < -0.3 is 15.1 Å². The minimum atomic E-state index is -0.148. The van der Waals surface area contributed by atoms with Gasteiger partial charge in [0.1, 0.15) is 5.82 Å². The van der Waals surface area contributed by atoms with Gasteiger partial charge in [0.05, 0.1) is 0 Å². The first kappa shape index (κ1) is 20.6. The highest BCUT2D eigenvalue weighted by atomic mass is 19.1. The van der Waals surface area contributed by atoms with E-state index in [4.69, 9.17) is 0 Å². The van der Waals surface area contributed by atoms with E-state index in [1.807, 2.05) is 38.2 Å². The average Bonchev–Trinajstić information content (AvgIpc) is 3.04. The number of nitrogens with zero attached hydrogens (tertiary/aromatic N) is 4. The Bertz CT molecular complexity index is 602. The number of hydrogen-bond acceptors (Lipinski definition) is 3. The Morgan fingerprint density at radius 1 is 1.35 bits per heavy atom. The van der Waals surface area contributed by atoms with Crippen molar-refractivity contribution in [2.75, 3.05) is 47.8 Å². The van der Waals surface area contributed by atoms with Crippen LogP contribution in [0.5, 0.6) is 0 Å². The first-order valence-corrected chi connectivity index (χ1v) is 9.52. The first-order chi connectivity index (χ1) is 12.4. The molecule has 1 aromatic rings. The molecule has 26 heavy (non-hydrogen) atoms. The molecular formula is C20H34FN5. The molecule has 1 saturated heterocycles. The van der Waals surface area contributed by atoms with Gasteiger partial charge >= 0.3 is 0 Å². The predicted molar refractivity (Wildman–Crippen MR) is 107 cm³/mol. The number of halogens is 1. The molecule has 1 heterocycles. The van der Waals surface area contributed by atoms with E-state index < -0.39 is 0 Å². The summed E-state index contributed by atoms with van der Waals surface area (Å²) in [6.07, 6.45) is 2.53. The summed E-state index contributed by atoms with van der Waals surface area (Å²) < 4.78 is 13.9. The summed E-state index contributed by atoms with van der Waals surface area (Å²) in [5, 5.41) is 3.41. The number of aliphatic imine (C=N–C) groups is 1. The van der Waals surface area contributed by atoms with E-state index in [0.717, 1.165) is 30.2 Å².